The van der Waals surface area contributed by atoms with E-state index in [1.165, 1.54) is 6.07 Å². The quantitative estimate of drug-likeness (QED) is 0.879. The van der Waals surface area contributed by atoms with Crippen molar-refractivity contribution in [2.75, 3.05) is 6.54 Å². The first-order valence-corrected chi connectivity index (χ1v) is 5.33. The molecule has 1 atom stereocenters. The Morgan fingerprint density at radius 3 is 2.87 bits per heavy atom. The lowest BCUT2D eigenvalue weighted by molar-refractivity contribution is -0.120. The number of hydrogen-bond donors (Lipinski definition) is 2. The van der Waals surface area contributed by atoms with Crippen LogP contribution in [0.2, 0.25) is 0 Å². The molecule has 82 valence electrons. The fourth-order valence-corrected chi connectivity index (χ4v) is 1.68. The van der Waals surface area contributed by atoms with E-state index in [-0.39, 0.29) is 5.56 Å². The van der Waals surface area contributed by atoms with E-state index in [1.54, 1.807) is 12.1 Å². The maximum absolute atomic E-state index is 13.4. The van der Waals surface area contributed by atoms with E-state index < -0.39 is 17.8 Å². The number of rotatable bonds is 4. The lowest BCUT2D eigenvalue weighted by atomic mass is 10.1. The van der Waals surface area contributed by atoms with Gasteiger partial charge in [0.25, 0.3) is 0 Å². The Morgan fingerprint density at radius 2 is 2.33 bits per heavy atom. The first kappa shape index (κ1) is 12.1. The Morgan fingerprint density at radius 1 is 1.67 bits per heavy atom. The highest BCUT2D eigenvalue weighted by atomic mass is 79.9. The molecule has 0 fully saturated rings. The minimum atomic E-state index is -0.785. The SMILES string of the molecule is CCNC(C(N)=O)c1cc(Br)ccc1F. The Hall–Kier alpha value is -0.940. The lowest BCUT2D eigenvalue weighted by Crippen LogP contribution is -2.34. The smallest absolute Gasteiger partial charge is 0.239 e. The maximum Gasteiger partial charge on any atom is 0.239 e. The van der Waals surface area contributed by atoms with Crippen molar-refractivity contribution < 1.29 is 9.18 Å². The van der Waals surface area contributed by atoms with Crippen molar-refractivity contribution >= 4 is 21.8 Å². The molecule has 1 aromatic carbocycles. The fourth-order valence-electron chi connectivity index (χ4n) is 1.30. The molecule has 0 heterocycles. The Bertz CT molecular complexity index is 370. The van der Waals surface area contributed by atoms with Gasteiger partial charge in [-0.2, -0.15) is 0 Å². The van der Waals surface area contributed by atoms with Crippen molar-refractivity contribution in [3.63, 3.8) is 0 Å². The van der Waals surface area contributed by atoms with Gasteiger partial charge in [0, 0.05) is 10.0 Å². The van der Waals surface area contributed by atoms with Crippen molar-refractivity contribution in [3.05, 3.63) is 34.1 Å². The molecule has 1 aromatic rings. The van der Waals surface area contributed by atoms with Crippen LogP contribution in [0, 0.1) is 5.82 Å². The average molecular weight is 275 g/mol. The van der Waals surface area contributed by atoms with Crippen LogP contribution in [0.1, 0.15) is 18.5 Å². The van der Waals surface area contributed by atoms with Crippen LogP contribution in [0.15, 0.2) is 22.7 Å². The van der Waals surface area contributed by atoms with Gasteiger partial charge in [-0.1, -0.05) is 22.9 Å². The van der Waals surface area contributed by atoms with E-state index >= 15 is 0 Å². The van der Waals surface area contributed by atoms with Crippen molar-refractivity contribution in [1.29, 1.82) is 0 Å². The predicted octanol–water partition coefficient (Wildman–Crippen LogP) is 1.72. The average Bonchev–Trinajstić information content (AvgIpc) is 2.18. The van der Waals surface area contributed by atoms with Gasteiger partial charge in [-0.15, -0.1) is 0 Å². The second-order valence-corrected chi connectivity index (χ2v) is 3.97. The minimum Gasteiger partial charge on any atom is -0.368 e. The van der Waals surface area contributed by atoms with Gasteiger partial charge < -0.3 is 11.1 Å². The minimum absolute atomic E-state index is 0.263. The van der Waals surface area contributed by atoms with Crippen LogP contribution in [0.4, 0.5) is 4.39 Å². The third-order valence-corrected chi connectivity index (χ3v) is 2.46. The topological polar surface area (TPSA) is 55.1 Å². The second-order valence-electron chi connectivity index (χ2n) is 3.06. The van der Waals surface area contributed by atoms with Crippen LogP contribution in [0.3, 0.4) is 0 Å². The van der Waals surface area contributed by atoms with Gasteiger partial charge in [0.1, 0.15) is 11.9 Å². The number of nitrogens with one attached hydrogen (secondary N) is 1. The Labute approximate surface area is 96.0 Å². The number of halogens is 2. The van der Waals surface area contributed by atoms with Crippen molar-refractivity contribution in [1.82, 2.24) is 5.32 Å². The monoisotopic (exact) mass is 274 g/mol. The summed E-state index contributed by atoms with van der Waals surface area (Å²) in [5, 5.41) is 2.83. The third-order valence-electron chi connectivity index (χ3n) is 1.96. The largest absolute Gasteiger partial charge is 0.368 e. The van der Waals surface area contributed by atoms with E-state index in [1.807, 2.05) is 6.92 Å². The molecular formula is C10H12BrFN2O. The summed E-state index contributed by atoms with van der Waals surface area (Å²) >= 11 is 3.22. The molecule has 0 saturated carbocycles. The summed E-state index contributed by atoms with van der Waals surface area (Å²) in [6, 6.07) is 3.63. The Kier molecular flexibility index (Phi) is 4.23. The molecule has 0 aliphatic rings. The van der Waals surface area contributed by atoms with E-state index in [4.69, 9.17) is 5.73 Å². The number of primary amides is 1. The highest BCUT2D eigenvalue weighted by Gasteiger charge is 2.20. The summed E-state index contributed by atoms with van der Waals surface area (Å²) in [6.07, 6.45) is 0. The maximum atomic E-state index is 13.4. The summed E-state index contributed by atoms with van der Waals surface area (Å²) in [7, 11) is 0. The molecule has 3 nitrogen and oxygen atoms in total. The van der Waals surface area contributed by atoms with Gasteiger partial charge >= 0.3 is 0 Å². The molecule has 0 radical (unpaired) electrons. The van der Waals surface area contributed by atoms with Crippen LogP contribution in [-0.2, 0) is 4.79 Å². The number of amides is 1. The van der Waals surface area contributed by atoms with Gasteiger partial charge in [0.15, 0.2) is 0 Å². The number of carbonyl (C=O) groups excluding carboxylic acids is 1. The summed E-state index contributed by atoms with van der Waals surface area (Å²) in [6.45, 7) is 2.37. The molecule has 0 bridgehead atoms. The molecule has 0 aromatic heterocycles. The molecule has 1 rings (SSSR count). The molecule has 0 spiro atoms. The first-order chi connectivity index (χ1) is 7.06. The zero-order chi connectivity index (χ0) is 11.4. The molecule has 1 amide bonds. The van der Waals surface area contributed by atoms with E-state index in [0.717, 1.165) is 0 Å². The molecule has 0 saturated heterocycles. The van der Waals surface area contributed by atoms with Gasteiger partial charge in [0.2, 0.25) is 5.91 Å². The van der Waals surface area contributed by atoms with Crippen LogP contribution >= 0.6 is 15.9 Å². The van der Waals surface area contributed by atoms with Crippen molar-refractivity contribution in [2.45, 2.75) is 13.0 Å². The zero-order valence-corrected chi connectivity index (χ0v) is 9.84. The van der Waals surface area contributed by atoms with Gasteiger partial charge in [-0.25, -0.2) is 4.39 Å². The molecule has 3 N–H and O–H groups in total. The predicted molar refractivity (Wildman–Crippen MR) is 59.7 cm³/mol. The Balaban J connectivity index is 3.09. The van der Waals surface area contributed by atoms with Crippen LogP contribution in [0.5, 0.6) is 0 Å². The van der Waals surface area contributed by atoms with E-state index in [2.05, 4.69) is 21.2 Å². The zero-order valence-electron chi connectivity index (χ0n) is 8.26. The summed E-state index contributed by atoms with van der Waals surface area (Å²) in [5.74, 6) is -1.03. The van der Waals surface area contributed by atoms with E-state index in [0.29, 0.717) is 11.0 Å². The van der Waals surface area contributed by atoms with Crippen LogP contribution in [0.25, 0.3) is 0 Å². The third kappa shape index (κ3) is 3.00. The normalized spacial score (nSPS) is 12.5. The molecule has 15 heavy (non-hydrogen) atoms. The van der Waals surface area contributed by atoms with Crippen LogP contribution < -0.4 is 11.1 Å². The number of benzene rings is 1. The first-order valence-electron chi connectivity index (χ1n) is 4.54. The lowest BCUT2D eigenvalue weighted by Gasteiger charge is -2.15. The molecule has 0 aliphatic heterocycles. The number of likely N-dealkylation sites (N-methyl/N-ethyl adjacent to an activating group) is 1. The molecule has 0 aliphatic carbocycles. The number of carbonyl (C=O) groups is 1. The highest BCUT2D eigenvalue weighted by molar-refractivity contribution is 9.10. The fraction of sp³-hybridized carbons (Fsp3) is 0.300. The summed E-state index contributed by atoms with van der Waals surface area (Å²) in [4.78, 5) is 11.1. The standard InChI is InChI=1S/C10H12BrFN2O/c1-2-14-9(10(13)15)7-5-6(11)3-4-8(7)12/h3-5,9,14H,2H2,1H3,(H2,13,15). The highest BCUT2D eigenvalue weighted by Crippen LogP contribution is 2.21. The van der Waals surface area contributed by atoms with Crippen LogP contribution in [-0.4, -0.2) is 12.5 Å². The van der Waals surface area contributed by atoms with Gasteiger partial charge in [-0.3, -0.25) is 4.79 Å². The van der Waals surface area contributed by atoms with Crippen molar-refractivity contribution in [2.24, 2.45) is 5.73 Å². The number of nitrogens with two attached hydrogens (primary N) is 1. The van der Waals surface area contributed by atoms with Gasteiger partial charge in [0.05, 0.1) is 0 Å². The summed E-state index contributed by atoms with van der Waals surface area (Å²) in [5.41, 5.74) is 5.45. The molecular weight excluding hydrogens is 263 g/mol. The number of hydrogen-bond acceptors (Lipinski definition) is 2. The summed E-state index contributed by atoms with van der Waals surface area (Å²) < 4.78 is 14.1. The van der Waals surface area contributed by atoms with Crippen molar-refractivity contribution in [3.8, 4) is 0 Å². The molecule has 5 heteroatoms. The van der Waals surface area contributed by atoms with E-state index in [9.17, 15) is 9.18 Å². The second kappa shape index (κ2) is 5.23. The molecule has 1 unspecified atom stereocenters. The van der Waals surface area contributed by atoms with Gasteiger partial charge in [-0.05, 0) is 24.7 Å².